The van der Waals surface area contributed by atoms with Gasteiger partial charge in [0.1, 0.15) is 5.82 Å². The molecule has 3 aromatic rings. The number of likely N-dealkylation sites (tertiary alicyclic amines) is 2. The summed E-state index contributed by atoms with van der Waals surface area (Å²) in [7, 11) is 0. The summed E-state index contributed by atoms with van der Waals surface area (Å²) in [5.41, 5.74) is 2.90. The van der Waals surface area contributed by atoms with Crippen molar-refractivity contribution in [1.82, 2.24) is 14.8 Å². The van der Waals surface area contributed by atoms with Gasteiger partial charge in [0.05, 0.1) is 11.1 Å². The molecule has 1 aromatic heterocycles. The summed E-state index contributed by atoms with van der Waals surface area (Å²) in [6.07, 6.45) is 6.10. The maximum absolute atomic E-state index is 13.3. The normalized spacial score (nSPS) is 22.5. The van der Waals surface area contributed by atoms with Crippen LogP contribution in [-0.4, -0.2) is 53.4 Å². The minimum Gasteiger partial charge on any atom is -0.361 e. The van der Waals surface area contributed by atoms with Crippen molar-refractivity contribution in [2.24, 2.45) is 11.8 Å². The number of hydrogen-bond donors (Lipinski definition) is 1. The van der Waals surface area contributed by atoms with Crippen molar-refractivity contribution in [2.75, 3.05) is 32.7 Å². The minimum atomic E-state index is -0.172. The van der Waals surface area contributed by atoms with Crippen LogP contribution in [0.25, 0.3) is 10.9 Å². The number of carbonyl (C=O) groups excluding carboxylic acids is 1. The lowest BCUT2D eigenvalue weighted by molar-refractivity contribution is 0.0783. The van der Waals surface area contributed by atoms with E-state index in [0.29, 0.717) is 17.8 Å². The van der Waals surface area contributed by atoms with Gasteiger partial charge in [0.2, 0.25) is 0 Å². The maximum Gasteiger partial charge on any atom is 0.256 e. The number of hydrogen-bond acceptors (Lipinski definition) is 2. The van der Waals surface area contributed by atoms with Gasteiger partial charge in [0.15, 0.2) is 0 Å². The summed E-state index contributed by atoms with van der Waals surface area (Å²) >= 11 is 0. The highest BCUT2D eigenvalue weighted by Gasteiger charge is 2.36. The highest BCUT2D eigenvalue weighted by molar-refractivity contribution is 6.05. The number of nitrogens with one attached hydrogen (secondary N) is 1. The summed E-state index contributed by atoms with van der Waals surface area (Å²) < 4.78 is 13.2. The van der Waals surface area contributed by atoms with Crippen LogP contribution in [0, 0.1) is 17.7 Å². The zero-order chi connectivity index (χ0) is 22.1. The zero-order valence-electron chi connectivity index (χ0n) is 18.3. The first kappa shape index (κ1) is 21.0. The molecule has 3 heterocycles. The molecular weight excluding hydrogens is 401 g/mol. The Morgan fingerprint density at radius 2 is 1.88 bits per heavy atom. The van der Waals surface area contributed by atoms with Crippen LogP contribution in [0.3, 0.4) is 0 Å². The summed E-state index contributed by atoms with van der Waals surface area (Å²) in [6.45, 7) is 8.63. The third-order valence-corrected chi connectivity index (χ3v) is 7.32. The third-order valence-electron chi connectivity index (χ3n) is 7.32. The Hall–Kier alpha value is -2.92. The fourth-order valence-electron chi connectivity index (χ4n) is 5.47. The van der Waals surface area contributed by atoms with E-state index in [1.165, 1.54) is 5.56 Å². The zero-order valence-corrected chi connectivity index (χ0v) is 18.3. The molecule has 2 aromatic carbocycles. The molecule has 1 amide bonds. The Balaban J connectivity index is 1.21. The molecule has 5 rings (SSSR count). The van der Waals surface area contributed by atoms with Crippen molar-refractivity contribution in [3.63, 3.8) is 0 Å². The van der Waals surface area contributed by atoms with Gasteiger partial charge < -0.3 is 14.8 Å². The van der Waals surface area contributed by atoms with Crippen molar-refractivity contribution >= 4 is 16.8 Å². The number of amides is 1. The van der Waals surface area contributed by atoms with E-state index in [2.05, 4.69) is 16.5 Å². The smallest absolute Gasteiger partial charge is 0.256 e. The standard InChI is InChI=1S/C27H30FN3O/c1-2-19-17-31(27(32)25-5-3-4-22-10-13-29-26(22)25)18-23(19)16-30-14-11-21(12-15-30)20-6-8-24(28)9-7-20/h2-10,13,19,21,23,29H,1,11-12,14-18H2/t19-,23?/m1/s1. The Morgan fingerprint density at radius 1 is 1.09 bits per heavy atom. The van der Waals surface area contributed by atoms with Gasteiger partial charge in [-0.15, -0.1) is 6.58 Å². The maximum atomic E-state index is 13.3. The van der Waals surface area contributed by atoms with Gasteiger partial charge in [-0.3, -0.25) is 4.79 Å². The van der Waals surface area contributed by atoms with E-state index in [1.807, 2.05) is 53.6 Å². The van der Waals surface area contributed by atoms with E-state index in [-0.39, 0.29) is 11.7 Å². The van der Waals surface area contributed by atoms with Gasteiger partial charge in [0.25, 0.3) is 5.91 Å². The first-order chi connectivity index (χ1) is 15.6. The molecule has 0 aliphatic carbocycles. The molecule has 2 saturated heterocycles. The molecule has 5 heteroatoms. The number of aromatic nitrogens is 1. The summed E-state index contributed by atoms with van der Waals surface area (Å²) in [4.78, 5) is 21.1. The third kappa shape index (κ3) is 4.09. The van der Waals surface area contributed by atoms with E-state index >= 15 is 0 Å². The minimum absolute atomic E-state index is 0.0995. The predicted octanol–water partition coefficient (Wildman–Crippen LogP) is 5.06. The lowest BCUT2D eigenvalue weighted by Gasteiger charge is -2.34. The molecule has 0 saturated carbocycles. The lowest BCUT2D eigenvalue weighted by Crippen LogP contribution is -2.38. The van der Waals surface area contributed by atoms with Gasteiger partial charge in [-0.05, 0) is 73.5 Å². The average Bonchev–Trinajstić information content (AvgIpc) is 3.46. The van der Waals surface area contributed by atoms with Gasteiger partial charge >= 0.3 is 0 Å². The molecule has 0 bridgehead atoms. The second-order valence-corrected chi connectivity index (χ2v) is 9.24. The summed E-state index contributed by atoms with van der Waals surface area (Å²) in [5.74, 6) is 1.15. The number of piperidine rings is 1. The average molecular weight is 432 g/mol. The number of para-hydroxylation sites is 1. The van der Waals surface area contributed by atoms with E-state index in [0.717, 1.165) is 62.0 Å². The monoisotopic (exact) mass is 431 g/mol. The number of aromatic amines is 1. The lowest BCUT2D eigenvalue weighted by atomic mass is 9.88. The Kier molecular flexibility index (Phi) is 5.83. The number of benzene rings is 2. The Morgan fingerprint density at radius 3 is 2.62 bits per heavy atom. The molecule has 0 radical (unpaired) electrons. The number of fused-ring (bicyclic) bond motifs is 1. The van der Waals surface area contributed by atoms with Crippen molar-refractivity contribution in [3.8, 4) is 0 Å². The van der Waals surface area contributed by atoms with Gasteiger partial charge in [-0.25, -0.2) is 4.39 Å². The Labute approximate surface area is 188 Å². The second kappa shape index (κ2) is 8.91. The van der Waals surface area contributed by atoms with E-state index in [9.17, 15) is 9.18 Å². The van der Waals surface area contributed by atoms with E-state index in [4.69, 9.17) is 0 Å². The van der Waals surface area contributed by atoms with E-state index < -0.39 is 0 Å². The molecule has 1 N–H and O–H groups in total. The molecule has 2 aliphatic rings. The Bertz CT molecular complexity index is 1100. The number of rotatable bonds is 5. The summed E-state index contributed by atoms with van der Waals surface area (Å²) in [6, 6.07) is 14.9. The van der Waals surface area contributed by atoms with Crippen LogP contribution >= 0.6 is 0 Å². The first-order valence-corrected chi connectivity index (χ1v) is 11.6. The fraction of sp³-hybridized carbons (Fsp3) is 0.370. The van der Waals surface area contributed by atoms with Gasteiger partial charge in [0, 0.05) is 31.2 Å². The molecule has 32 heavy (non-hydrogen) atoms. The molecule has 2 aliphatic heterocycles. The number of nitrogens with zero attached hydrogens (tertiary/aromatic N) is 2. The van der Waals surface area contributed by atoms with Gasteiger partial charge in [-0.1, -0.05) is 30.3 Å². The predicted molar refractivity (Wildman–Crippen MR) is 126 cm³/mol. The molecule has 2 fully saturated rings. The quantitative estimate of drug-likeness (QED) is 0.574. The topological polar surface area (TPSA) is 39.3 Å². The van der Waals surface area contributed by atoms with Crippen LogP contribution in [0.1, 0.15) is 34.7 Å². The van der Waals surface area contributed by atoms with E-state index in [1.54, 1.807) is 12.1 Å². The molecule has 2 atom stereocenters. The summed E-state index contributed by atoms with van der Waals surface area (Å²) in [5, 5.41) is 1.07. The van der Waals surface area contributed by atoms with Crippen LogP contribution in [0.4, 0.5) is 4.39 Å². The number of carbonyl (C=O) groups is 1. The van der Waals surface area contributed by atoms with Crippen molar-refractivity contribution in [1.29, 1.82) is 0 Å². The first-order valence-electron chi connectivity index (χ1n) is 11.6. The molecule has 166 valence electrons. The highest BCUT2D eigenvalue weighted by Crippen LogP contribution is 2.32. The molecular formula is C27H30FN3O. The molecule has 0 spiro atoms. The van der Waals surface area contributed by atoms with Crippen molar-refractivity contribution in [2.45, 2.75) is 18.8 Å². The number of halogens is 1. The highest BCUT2D eigenvalue weighted by atomic mass is 19.1. The van der Waals surface area contributed by atoms with Crippen LogP contribution in [-0.2, 0) is 0 Å². The van der Waals surface area contributed by atoms with Crippen LogP contribution in [0.15, 0.2) is 67.4 Å². The van der Waals surface area contributed by atoms with Crippen LogP contribution in [0.5, 0.6) is 0 Å². The molecule has 4 nitrogen and oxygen atoms in total. The van der Waals surface area contributed by atoms with Crippen LogP contribution in [0.2, 0.25) is 0 Å². The SMILES string of the molecule is C=C[C@@H]1CN(C(=O)c2cccc3cc[nH]c23)CC1CN1CCC(c2ccc(F)cc2)CC1. The van der Waals surface area contributed by atoms with Crippen molar-refractivity contribution in [3.05, 3.63) is 84.3 Å². The van der Waals surface area contributed by atoms with Crippen LogP contribution < -0.4 is 0 Å². The second-order valence-electron chi connectivity index (χ2n) is 9.24. The van der Waals surface area contributed by atoms with Crippen molar-refractivity contribution < 1.29 is 9.18 Å². The number of H-pyrrole nitrogens is 1. The largest absolute Gasteiger partial charge is 0.361 e. The van der Waals surface area contributed by atoms with Gasteiger partial charge in [-0.2, -0.15) is 0 Å². The molecule has 1 unspecified atom stereocenters. The fourth-order valence-corrected chi connectivity index (χ4v) is 5.47.